The van der Waals surface area contributed by atoms with Gasteiger partial charge >= 0.3 is 0 Å². The molecule has 1 aliphatic rings. The van der Waals surface area contributed by atoms with Crippen LogP contribution in [-0.2, 0) is 11.3 Å². The van der Waals surface area contributed by atoms with Crippen molar-refractivity contribution < 1.29 is 4.79 Å². The van der Waals surface area contributed by atoms with E-state index in [1.165, 1.54) is 5.56 Å². The van der Waals surface area contributed by atoms with Crippen molar-refractivity contribution in [1.29, 1.82) is 0 Å². The van der Waals surface area contributed by atoms with E-state index in [-0.39, 0.29) is 5.41 Å². The van der Waals surface area contributed by atoms with Crippen molar-refractivity contribution in [3.63, 3.8) is 0 Å². The van der Waals surface area contributed by atoms with Crippen LogP contribution in [0.25, 0.3) is 0 Å². The highest BCUT2D eigenvalue weighted by Gasteiger charge is 2.40. The number of amides is 1. The summed E-state index contributed by atoms with van der Waals surface area (Å²) in [6.07, 6.45) is 4.05. The summed E-state index contributed by atoms with van der Waals surface area (Å²) in [6.45, 7) is 7.72. The maximum atomic E-state index is 13.1. The minimum absolute atomic E-state index is 0.134. The van der Waals surface area contributed by atoms with Gasteiger partial charge in [0.1, 0.15) is 0 Å². The minimum Gasteiger partial charge on any atom is -0.338 e. The van der Waals surface area contributed by atoms with Crippen LogP contribution >= 0.6 is 0 Å². The zero-order chi connectivity index (χ0) is 15.1. The fourth-order valence-corrected chi connectivity index (χ4v) is 3.42. The van der Waals surface area contributed by atoms with Gasteiger partial charge < -0.3 is 10.2 Å². The van der Waals surface area contributed by atoms with Gasteiger partial charge in [-0.1, -0.05) is 43.7 Å². The molecule has 0 bridgehead atoms. The second-order valence-electron chi connectivity index (χ2n) is 6.09. The number of nitrogens with one attached hydrogen (secondary N) is 1. The molecule has 1 N–H and O–H groups in total. The van der Waals surface area contributed by atoms with Crippen LogP contribution in [-0.4, -0.2) is 30.4 Å². The molecule has 0 saturated carbocycles. The zero-order valence-electron chi connectivity index (χ0n) is 13.4. The number of hydrogen-bond donors (Lipinski definition) is 1. The molecule has 1 aromatic rings. The monoisotopic (exact) mass is 288 g/mol. The SMILES string of the molecule is CCCC1(C(=O)N(CC)Cc2ccccc2)CCNCC1. The standard InChI is InChI=1S/C18H28N2O/c1-3-10-18(11-13-19-14-12-18)17(21)20(4-2)15-16-8-6-5-7-9-16/h5-9,19H,3-4,10-15H2,1-2H3. The smallest absolute Gasteiger partial charge is 0.229 e. The highest BCUT2D eigenvalue weighted by molar-refractivity contribution is 5.83. The van der Waals surface area contributed by atoms with E-state index in [4.69, 9.17) is 0 Å². The maximum Gasteiger partial charge on any atom is 0.229 e. The molecule has 0 atom stereocenters. The first-order chi connectivity index (χ1) is 10.2. The van der Waals surface area contributed by atoms with Gasteiger partial charge in [0.05, 0.1) is 5.41 Å². The predicted molar refractivity (Wildman–Crippen MR) is 87.0 cm³/mol. The molecule has 1 saturated heterocycles. The number of nitrogens with zero attached hydrogens (tertiary/aromatic N) is 1. The Morgan fingerprint density at radius 2 is 1.86 bits per heavy atom. The minimum atomic E-state index is -0.134. The predicted octanol–water partition coefficient (Wildman–Crippen LogP) is 3.21. The lowest BCUT2D eigenvalue weighted by Crippen LogP contribution is -2.49. The Bertz CT molecular complexity index is 432. The van der Waals surface area contributed by atoms with Gasteiger partial charge in [-0.2, -0.15) is 0 Å². The lowest BCUT2D eigenvalue weighted by atomic mass is 9.74. The number of piperidine rings is 1. The van der Waals surface area contributed by atoms with Crippen molar-refractivity contribution in [2.75, 3.05) is 19.6 Å². The quantitative estimate of drug-likeness (QED) is 0.872. The van der Waals surface area contributed by atoms with Crippen LogP contribution in [0, 0.1) is 5.41 Å². The van der Waals surface area contributed by atoms with Gasteiger partial charge in [0.15, 0.2) is 0 Å². The van der Waals surface area contributed by atoms with Crippen molar-refractivity contribution in [3.8, 4) is 0 Å². The van der Waals surface area contributed by atoms with Crippen LogP contribution in [0.5, 0.6) is 0 Å². The highest BCUT2D eigenvalue weighted by atomic mass is 16.2. The molecule has 0 radical (unpaired) electrons. The summed E-state index contributed by atoms with van der Waals surface area (Å²) in [5.74, 6) is 0.359. The number of benzene rings is 1. The topological polar surface area (TPSA) is 32.3 Å². The van der Waals surface area contributed by atoms with E-state index >= 15 is 0 Å². The summed E-state index contributed by atoms with van der Waals surface area (Å²) in [4.78, 5) is 15.2. The summed E-state index contributed by atoms with van der Waals surface area (Å²) >= 11 is 0. The lowest BCUT2D eigenvalue weighted by molar-refractivity contribution is -0.145. The number of rotatable bonds is 6. The molecular formula is C18H28N2O. The third-order valence-corrected chi connectivity index (χ3v) is 4.63. The Morgan fingerprint density at radius 1 is 1.19 bits per heavy atom. The van der Waals surface area contributed by atoms with Gasteiger partial charge in [-0.15, -0.1) is 0 Å². The van der Waals surface area contributed by atoms with Crippen LogP contribution < -0.4 is 5.32 Å². The van der Waals surface area contributed by atoms with E-state index in [1.807, 2.05) is 23.1 Å². The van der Waals surface area contributed by atoms with Gasteiger partial charge in [0, 0.05) is 13.1 Å². The van der Waals surface area contributed by atoms with Gasteiger partial charge in [-0.3, -0.25) is 4.79 Å². The van der Waals surface area contributed by atoms with Crippen molar-refractivity contribution in [2.45, 2.75) is 46.1 Å². The molecule has 0 aromatic heterocycles. The van der Waals surface area contributed by atoms with Crippen LogP contribution in [0.15, 0.2) is 30.3 Å². The number of hydrogen-bond acceptors (Lipinski definition) is 2. The van der Waals surface area contributed by atoms with Crippen LogP contribution in [0.1, 0.15) is 45.1 Å². The van der Waals surface area contributed by atoms with E-state index in [0.717, 1.165) is 51.9 Å². The summed E-state index contributed by atoms with van der Waals surface area (Å²) in [7, 11) is 0. The third-order valence-electron chi connectivity index (χ3n) is 4.63. The molecule has 1 fully saturated rings. The van der Waals surface area contributed by atoms with Crippen molar-refractivity contribution in [2.24, 2.45) is 5.41 Å². The molecular weight excluding hydrogens is 260 g/mol. The molecule has 116 valence electrons. The van der Waals surface area contributed by atoms with E-state index in [2.05, 4.69) is 31.3 Å². The van der Waals surface area contributed by atoms with E-state index in [9.17, 15) is 4.79 Å². The maximum absolute atomic E-state index is 13.1. The molecule has 1 amide bonds. The van der Waals surface area contributed by atoms with E-state index in [1.54, 1.807) is 0 Å². The lowest BCUT2D eigenvalue weighted by Gasteiger charge is -2.40. The van der Waals surface area contributed by atoms with Crippen molar-refractivity contribution >= 4 is 5.91 Å². The Hall–Kier alpha value is -1.35. The van der Waals surface area contributed by atoms with Crippen LogP contribution in [0.2, 0.25) is 0 Å². The molecule has 1 aliphatic heterocycles. The fourth-order valence-electron chi connectivity index (χ4n) is 3.42. The molecule has 0 unspecified atom stereocenters. The molecule has 1 heterocycles. The molecule has 1 aromatic carbocycles. The summed E-state index contributed by atoms with van der Waals surface area (Å²) in [5, 5.41) is 3.39. The first-order valence-corrected chi connectivity index (χ1v) is 8.26. The molecule has 21 heavy (non-hydrogen) atoms. The third kappa shape index (κ3) is 3.85. The first-order valence-electron chi connectivity index (χ1n) is 8.26. The van der Waals surface area contributed by atoms with Gasteiger partial charge in [-0.25, -0.2) is 0 Å². The second-order valence-corrected chi connectivity index (χ2v) is 6.09. The zero-order valence-corrected chi connectivity index (χ0v) is 13.4. The summed E-state index contributed by atoms with van der Waals surface area (Å²) in [5.41, 5.74) is 1.08. The van der Waals surface area contributed by atoms with Crippen molar-refractivity contribution in [3.05, 3.63) is 35.9 Å². The Kier molecular flexibility index (Phi) is 5.80. The molecule has 3 heteroatoms. The van der Waals surface area contributed by atoms with Crippen LogP contribution in [0.4, 0.5) is 0 Å². The first kappa shape index (κ1) is 16.0. The number of carbonyl (C=O) groups is 1. The Labute approximate surface area is 128 Å². The van der Waals surface area contributed by atoms with E-state index < -0.39 is 0 Å². The largest absolute Gasteiger partial charge is 0.338 e. The summed E-state index contributed by atoms with van der Waals surface area (Å²) in [6, 6.07) is 10.3. The average Bonchev–Trinajstić information content (AvgIpc) is 2.54. The van der Waals surface area contributed by atoms with Crippen molar-refractivity contribution in [1.82, 2.24) is 10.2 Å². The highest BCUT2D eigenvalue weighted by Crippen LogP contribution is 2.36. The van der Waals surface area contributed by atoms with Crippen LogP contribution in [0.3, 0.4) is 0 Å². The molecule has 2 rings (SSSR count). The Balaban J connectivity index is 2.13. The van der Waals surface area contributed by atoms with E-state index in [0.29, 0.717) is 5.91 Å². The molecule has 0 spiro atoms. The fraction of sp³-hybridized carbons (Fsp3) is 0.611. The van der Waals surface area contributed by atoms with Gasteiger partial charge in [0.2, 0.25) is 5.91 Å². The normalized spacial score (nSPS) is 17.4. The van der Waals surface area contributed by atoms with Gasteiger partial charge in [-0.05, 0) is 44.8 Å². The Morgan fingerprint density at radius 3 is 2.43 bits per heavy atom. The molecule has 3 nitrogen and oxygen atoms in total. The average molecular weight is 288 g/mol. The number of carbonyl (C=O) groups excluding carboxylic acids is 1. The second kappa shape index (κ2) is 7.60. The van der Waals surface area contributed by atoms with Gasteiger partial charge in [0.25, 0.3) is 0 Å². The molecule has 0 aliphatic carbocycles. The summed E-state index contributed by atoms with van der Waals surface area (Å²) < 4.78 is 0.